The molecule has 1 saturated carbocycles. The molecule has 1 aliphatic carbocycles. The Morgan fingerprint density at radius 2 is 2.09 bits per heavy atom. The molecule has 22 heavy (non-hydrogen) atoms. The van der Waals surface area contributed by atoms with Gasteiger partial charge in [0.25, 0.3) is 0 Å². The van der Waals surface area contributed by atoms with Crippen LogP contribution in [0.3, 0.4) is 0 Å². The van der Waals surface area contributed by atoms with E-state index in [0.29, 0.717) is 12.8 Å². The van der Waals surface area contributed by atoms with Crippen LogP contribution in [-0.2, 0) is 10.0 Å². The molecule has 0 spiro atoms. The molecule has 6 nitrogen and oxygen atoms in total. The summed E-state index contributed by atoms with van der Waals surface area (Å²) in [6.45, 7) is -0.0276. The predicted molar refractivity (Wildman–Crippen MR) is 77.5 cm³/mol. The lowest BCUT2D eigenvalue weighted by molar-refractivity contribution is -0.0270. The van der Waals surface area contributed by atoms with Crippen LogP contribution in [0, 0.1) is 5.82 Å². The van der Waals surface area contributed by atoms with E-state index in [9.17, 15) is 17.9 Å². The topological polar surface area (TPSA) is 84.2 Å². The highest BCUT2D eigenvalue weighted by Crippen LogP contribution is 2.31. The number of sulfonamides is 1. The Balaban J connectivity index is 1.79. The Morgan fingerprint density at radius 3 is 2.73 bits per heavy atom. The van der Waals surface area contributed by atoms with Gasteiger partial charge in [-0.25, -0.2) is 22.2 Å². The summed E-state index contributed by atoms with van der Waals surface area (Å²) in [5, 5.41) is 13.8. The average molecular weight is 325 g/mol. The fraction of sp³-hybridized carbons (Fsp3) is 0.357. The molecule has 2 N–H and O–H groups in total. The van der Waals surface area contributed by atoms with Crippen LogP contribution < -0.4 is 4.72 Å². The molecule has 0 radical (unpaired) electrons. The monoisotopic (exact) mass is 325 g/mol. The van der Waals surface area contributed by atoms with Crippen molar-refractivity contribution in [3.8, 4) is 5.69 Å². The third-order valence-corrected chi connectivity index (χ3v) is 5.20. The molecule has 1 heterocycles. The molecule has 2 aromatic rings. The molecule has 3 rings (SSSR count). The third-order valence-electron chi connectivity index (χ3n) is 3.84. The Morgan fingerprint density at radius 1 is 1.36 bits per heavy atom. The lowest BCUT2D eigenvalue weighted by Crippen LogP contribution is -2.47. The summed E-state index contributed by atoms with van der Waals surface area (Å²) in [5.41, 5.74) is -0.782. The first-order chi connectivity index (χ1) is 10.4. The summed E-state index contributed by atoms with van der Waals surface area (Å²) in [7, 11) is -3.79. The van der Waals surface area contributed by atoms with E-state index in [1.807, 2.05) is 0 Å². The molecule has 8 heteroatoms. The van der Waals surface area contributed by atoms with Gasteiger partial charge in [-0.15, -0.1) is 0 Å². The molecule has 0 bridgehead atoms. The first-order valence-electron chi connectivity index (χ1n) is 6.91. The molecule has 0 aliphatic heterocycles. The second-order valence-corrected chi connectivity index (χ2v) is 7.24. The predicted octanol–water partition coefficient (Wildman–Crippen LogP) is 1.20. The van der Waals surface area contributed by atoms with Gasteiger partial charge >= 0.3 is 0 Å². The minimum absolute atomic E-state index is 0.0276. The lowest BCUT2D eigenvalue weighted by atomic mass is 9.81. The fourth-order valence-corrected chi connectivity index (χ4v) is 3.34. The molecular formula is C14H16FN3O3S. The van der Waals surface area contributed by atoms with E-state index in [1.54, 1.807) is 12.1 Å². The molecule has 1 aliphatic rings. The molecule has 1 aromatic heterocycles. The first-order valence-corrected chi connectivity index (χ1v) is 8.40. The number of aromatic nitrogens is 2. The second-order valence-electron chi connectivity index (χ2n) is 5.47. The van der Waals surface area contributed by atoms with Crippen molar-refractivity contribution in [3.05, 3.63) is 42.5 Å². The highest BCUT2D eigenvalue weighted by Gasteiger charge is 2.35. The van der Waals surface area contributed by atoms with Gasteiger partial charge in [0, 0.05) is 6.54 Å². The number of benzene rings is 1. The summed E-state index contributed by atoms with van der Waals surface area (Å²) in [5.74, 6) is -0.494. The van der Waals surface area contributed by atoms with Crippen LogP contribution in [0.2, 0.25) is 0 Å². The van der Waals surface area contributed by atoms with E-state index >= 15 is 0 Å². The number of aliphatic hydroxyl groups is 1. The number of nitrogens with zero attached hydrogens (tertiary/aromatic N) is 2. The molecule has 0 unspecified atom stereocenters. The van der Waals surface area contributed by atoms with Gasteiger partial charge in [-0.1, -0.05) is 12.1 Å². The van der Waals surface area contributed by atoms with Crippen molar-refractivity contribution >= 4 is 10.0 Å². The maximum Gasteiger partial charge on any atom is 0.243 e. The fourth-order valence-electron chi connectivity index (χ4n) is 2.29. The van der Waals surface area contributed by atoms with Gasteiger partial charge in [0.2, 0.25) is 10.0 Å². The highest BCUT2D eigenvalue weighted by molar-refractivity contribution is 7.89. The number of nitrogens with one attached hydrogen (secondary N) is 1. The van der Waals surface area contributed by atoms with Crippen LogP contribution in [0.1, 0.15) is 19.3 Å². The number of para-hydroxylation sites is 1. The largest absolute Gasteiger partial charge is 0.389 e. The number of hydrogen-bond acceptors (Lipinski definition) is 4. The molecule has 1 aromatic carbocycles. The van der Waals surface area contributed by atoms with Gasteiger partial charge in [0.15, 0.2) is 0 Å². The van der Waals surface area contributed by atoms with Crippen LogP contribution in [0.4, 0.5) is 4.39 Å². The Bertz CT molecular complexity index is 784. The van der Waals surface area contributed by atoms with E-state index < -0.39 is 21.4 Å². The molecule has 1 fully saturated rings. The van der Waals surface area contributed by atoms with E-state index in [4.69, 9.17) is 0 Å². The van der Waals surface area contributed by atoms with Gasteiger partial charge < -0.3 is 5.11 Å². The summed E-state index contributed by atoms with van der Waals surface area (Å²) in [4.78, 5) is -0.0707. The molecular weight excluding hydrogens is 309 g/mol. The van der Waals surface area contributed by atoms with Gasteiger partial charge in [-0.05, 0) is 31.4 Å². The van der Waals surface area contributed by atoms with Crippen LogP contribution in [0.5, 0.6) is 0 Å². The third kappa shape index (κ3) is 2.90. The Labute approximate surface area is 127 Å². The minimum atomic E-state index is -3.79. The average Bonchev–Trinajstić information content (AvgIpc) is 2.94. The Kier molecular flexibility index (Phi) is 3.75. The van der Waals surface area contributed by atoms with Gasteiger partial charge in [-0.2, -0.15) is 5.10 Å². The number of hydrogen-bond donors (Lipinski definition) is 2. The number of rotatable bonds is 5. The highest BCUT2D eigenvalue weighted by atomic mass is 32.2. The summed E-state index contributed by atoms with van der Waals surface area (Å²) in [6.07, 6.45) is 4.46. The zero-order valence-electron chi connectivity index (χ0n) is 11.7. The minimum Gasteiger partial charge on any atom is -0.389 e. The van der Waals surface area contributed by atoms with E-state index in [-0.39, 0.29) is 17.1 Å². The van der Waals surface area contributed by atoms with Crippen molar-refractivity contribution in [1.29, 1.82) is 0 Å². The summed E-state index contributed by atoms with van der Waals surface area (Å²) < 4.78 is 41.6. The molecule has 0 amide bonds. The van der Waals surface area contributed by atoms with Crippen molar-refractivity contribution in [3.63, 3.8) is 0 Å². The maximum atomic E-state index is 13.7. The lowest BCUT2D eigenvalue weighted by Gasteiger charge is -2.36. The van der Waals surface area contributed by atoms with E-state index in [2.05, 4.69) is 9.82 Å². The smallest absolute Gasteiger partial charge is 0.243 e. The van der Waals surface area contributed by atoms with Gasteiger partial charge in [-0.3, -0.25) is 0 Å². The molecule has 0 atom stereocenters. The maximum absolute atomic E-state index is 13.7. The zero-order valence-corrected chi connectivity index (χ0v) is 12.6. The van der Waals surface area contributed by atoms with E-state index in [0.717, 1.165) is 12.6 Å². The van der Waals surface area contributed by atoms with Crippen molar-refractivity contribution in [2.45, 2.75) is 29.8 Å². The van der Waals surface area contributed by atoms with Crippen LogP contribution in [-0.4, -0.2) is 35.5 Å². The second kappa shape index (κ2) is 5.45. The Hall–Kier alpha value is -1.77. The van der Waals surface area contributed by atoms with Gasteiger partial charge in [0.1, 0.15) is 16.4 Å². The standard InChI is InChI=1S/C14H16FN3O3S/c15-12-4-1-2-5-13(12)18-9-11(8-16-18)22(20,21)17-10-14(19)6-3-7-14/h1-2,4-5,8-9,17,19H,3,6-7,10H2. The molecule has 0 saturated heterocycles. The summed E-state index contributed by atoms with van der Waals surface area (Å²) >= 11 is 0. The SMILES string of the molecule is O=S(=O)(NCC1(O)CCC1)c1cnn(-c2ccccc2F)c1. The summed E-state index contributed by atoms with van der Waals surface area (Å²) in [6, 6.07) is 5.96. The van der Waals surface area contributed by atoms with Crippen molar-refractivity contribution in [2.75, 3.05) is 6.54 Å². The normalized spacial score (nSPS) is 17.2. The first kappa shape index (κ1) is 15.1. The van der Waals surface area contributed by atoms with Gasteiger partial charge in [0.05, 0.1) is 18.0 Å². The van der Waals surface area contributed by atoms with Crippen LogP contribution in [0.25, 0.3) is 5.69 Å². The quantitative estimate of drug-likeness (QED) is 0.865. The van der Waals surface area contributed by atoms with E-state index in [1.165, 1.54) is 23.0 Å². The molecule has 118 valence electrons. The van der Waals surface area contributed by atoms with Crippen molar-refractivity contribution in [2.24, 2.45) is 0 Å². The van der Waals surface area contributed by atoms with Crippen molar-refractivity contribution in [1.82, 2.24) is 14.5 Å². The van der Waals surface area contributed by atoms with Crippen LogP contribution in [0.15, 0.2) is 41.6 Å². The number of halogens is 1. The zero-order chi connectivity index (χ0) is 15.8. The van der Waals surface area contributed by atoms with Crippen molar-refractivity contribution < 1.29 is 17.9 Å². The van der Waals surface area contributed by atoms with Crippen LogP contribution >= 0.6 is 0 Å².